The molecule has 11 heavy (non-hydrogen) atoms. The molecule has 0 radical (unpaired) electrons. The van der Waals surface area contributed by atoms with E-state index in [0.717, 1.165) is 0 Å². The molecule has 0 fully saturated rings. The Morgan fingerprint density at radius 3 is 1.27 bits per heavy atom. The number of hydrogen-bond acceptors (Lipinski definition) is 1. The summed E-state index contributed by atoms with van der Waals surface area (Å²) in [5, 5.41) is 0. The maximum atomic E-state index is 9.90. The van der Waals surface area contributed by atoms with E-state index in [1.54, 1.807) is 0 Å². The Kier molecular flexibility index (Phi) is 7.51. The van der Waals surface area contributed by atoms with Crippen LogP contribution in [0.15, 0.2) is 0 Å². The molecule has 0 aromatic carbocycles. The molecule has 0 aliphatic heterocycles. The van der Waals surface area contributed by atoms with Crippen molar-refractivity contribution >= 4 is 42.3 Å². The molecule has 5 heteroatoms. The van der Waals surface area contributed by atoms with Crippen LogP contribution < -0.4 is 0 Å². The Morgan fingerprint density at radius 1 is 0.818 bits per heavy atom. The molecule has 0 aliphatic rings. The van der Waals surface area contributed by atoms with Crippen molar-refractivity contribution in [2.45, 2.75) is 0 Å². The molecule has 0 bridgehead atoms. The van der Waals surface area contributed by atoms with Gasteiger partial charge in [0.05, 0.1) is 0 Å². The summed E-state index contributed by atoms with van der Waals surface area (Å²) in [7, 11) is -2.15. The zero-order valence-corrected chi connectivity index (χ0v) is 9.59. The van der Waals surface area contributed by atoms with E-state index in [9.17, 15) is 4.89 Å². The third-order valence-electron chi connectivity index (χ3n) is 1.68. The van der Waals surface area contributed by atoms with Gasteiger partial charge in [0, 0.05) is 0 Å². The van der Waals surface area contributed by atoms with Gasteiger partial charge in [-0.05, 0) is 0 Å². The number of rotatable bonds is 6. The second-order valence-corrected chi connectivity index (χ2v) is 7.62. The molecule has 0 saturated heterocycles. The predicted molar refractivity (Wildman–Crippen MR) is 57.3 cm³/mol. The molecule has 0 amide bonds. The van der Waals surface area contributed by atoms with Crippen molar-refractivity contribution in [2.75, 3.05) is 36.1 Å². The van der Waals surface area contributed by atoms with Crippen molar-refractivity contribution in [3.8, 4) is 0 Å². The van der Waals surface area contributed by atoms with E-state index in [4.69, 9.17) is 34.8 Å². The molecule has 1 N–H and O–H groups in total. The van der Waals surface area contributed by atoms with Crippen LogP contribution in [0.25, 0.3) is 0 Å². The summed E-state index contributed by atoms with van der Waals surface area (Å²) in [5.41, 5.74) is 0. The van der Waals surface area contributed by atoms with Gasteiger partial charge >= 0.3 is 83.3 Å². The van der Waals surface area contributed by atoms with Gasteiger partial charge in [0.15, 0.2) is 0 Å². The first-order chi connectivity index (χ1) is 5.18. The van der Waals surface area contributed by atoms with Crippen LogP contribution in [0.3, 0.4) is 0 Å². The summed E-state index contributed by atoms with van der Waals surface area (Å²) in [6.45, 7) is 0. The second kappa shape index (κ2) is 6.74. The van der Waals surface area contributed by atoms with E-state index in [0.29, 0.717) is 36.1 Å². The van der Waals surface area contributed by atoms with E-state index >= 15 is 0 Å². The van der Waals surface area contributed by atoms with Crippen molar-refractivity contribution in [1.82, 2.24) is 0 Å². The minimum absolute atomic E-state index is 0.510. The second-order valence-electron chi connectivity index (χ2n) is 2.54. The van der Waals surface area contributed by atoms with Crippen molar-refractivity contribution in [2.24, 2.45) is 0 Å². The third kappa shape index (κ3) is 5.49. The van der Waals surface area contributed by atoms with Gasteiger partial charge in [-0.3, -0.25) is 0 Å². The summed E-state index contributed by atoms with van der Waals surface area (Å²) >= 11 is 16.6. The van der Waals surface area contributed by atoms with E-state index < -0.39 is 7.49 Å². The average Bonchev–Trinajstić information content (AvgIpc) is 1.88. The van der Waals surface area contributed by atoms with Crippen LogP contribution in [0.1, 0.15) is 0 Å². The molecule has 0 rings (SSSR count). The zero-order chi connectivity index (χ0) is 8.74. The molecule has 0 unspecified atom stereocenters. The standard InChI is InChI=1S/C6H14Cl3OP/c7-1-4-11(10,5-2-8)6-3-9/h10-11H,1-6H2. The maximum absolute atomic E-state index is 9.90. The van der Waals surface area contributed by atoms with E-state index in [1.165, 1.54) is 0 Å². The van der Waals surface area contributed by atoms with Gasteiger partial charge in [-0.1, -0.05) is 0 Å². The summed E-state index contributed by atoms with van der Waals surface area (Å²) in [6.07, 6.45) is 2.11. The predicted octanol–water partition coefficient (Wildman–Crippen LogP) is 2.36. The van der Waals surface area contributed by atoms with Crippen LogP contribution >= 0.6 is 42.3 Å². The topological polar surface area (TPSA) is 20.2 Å². The fourth-order valence-electron chi connectivity index (χ4n) is 0.903. The molecule has 1 nitrogen and oxygen atoms in total. The Balaban J connectivity index is 3.79. The van der Waals surface area contributed by atoms with Gasteiger partial charge in [-0.2, -0.15) is 0 Å². The third-order valence-corrected chi connectivity index (χ3v) is 6.74. The Labute approximate surface area is 83.4 Å². The molecule has 0 saturated carbocycles. The first-order valence-electron chi connectivity index (χ1n) is 3.59. The first kappa shape index (κ1) is 12.3. The van der Waals surface area contributed by atoms with Crippen molar-refractivity contribution < 1.29 is 4.89 Å². The van der Waals surface area contributed by atoms with Gasteiger partial charge in [-0.25, -0.2) is 0 Å². The van der Waals surface area contributed by atoms with Crippen LogP contribution in [0.2, 0.25) is 0 Å². The Bertz CT molecular complexity index is 84.8. The van der Waals surface area contributed by atoms with Gasteiger partial charge < -0.3 is 0 Å². The van der Waals surface area contributed by atoms with E-state index in [1.807, 2.05) is 0 Å². The Morgan fingerprint density at radius 2 is 1.09 bits per heavy atom. The summed E-state index contributed by atoms with van der Waals surface area (Å²) in [5.74, 6) is 1.53. The number of hydrogen-bond donors (Lipinski definition) is 1. The summed E-state index contributed by atoms with van der Waals surface area (Å²) < 4.78 is 0. The molecular formula is C6H14Cl3OP. The first-order valence-corrected chi connectivity index (χ1v) is 7.76. The fraction of sp³-hybridized carbons (Fsp3) is 1.00. The SMILES string of the molecule is O[PH](CCCl)(CCCl)CCCl. The van der Waals surface area contributed by atoms with Gasteiger partial charge in [0.2, 0.25) is 0 Å². The quantitative estimate of drug-likeness (QED) is 0.557. The molecule has 0 aromatic heterocycles. The average molecular weight is 240 g/mol. The van der Waals surface area contributed by atoms with Gasteiger partial charge in [-0.15, -0.1) is 0 Å². The van der Waals surface area contributed by atoms with Gasteiger partial charge in [0.25, 0.3) is 0 Å². The van der Waals surface area contributed by atoms with Crippen LogP contribution in [0.4, 0.5) is 0 Å². The van der Waals surface area contributed by atoms with Crippen LogP contribution in [0, 0.1) is 0 Å². The molecule has 0 heterocycles. The van der Waals surface area contributed by atoms with Gasteiger partial charge in [0.1, 0.15) is 0 Å². The van der Waals surface area contributed by atoms with Crippen LogP contribution in [0.5, 0.6) is 0 Å². The normalized spacial score (nSPS) is 13.5. The van der Waals surface area contributed by atoms with Crippen molar-refractivity contribution in [1.29, 1.82) is 0 Å². The zero-order valence-electron chi connectivity index (χ0n) is 6.32. The van der Waals surface area contributed by atoms with E-state index in [2.05, 4.69) is 0 Å². The van der Waals surface area contributed by atoms with Crippen molar-refractivity contribution in [3.63, 3.8) is 0 Å². The molecular weight excluding hydrogens is 225 g/mol. The fourth-order valence-corrected chi connectivity index (χ4v) is 5.87. The number of halogens is 3. The minimum atomic E-state index is -2.15. The summed E-state index contributed by atoms with van der Waals surface area (Å²) in [6, 6.07) is 0. The molecule has 70 valence electrons. The van der Waals surface area contributed by atoms with Crippen LogP contribution in [-0.2, 0) is 0 Å². The summed E-state index contributed by atoms with van der Waals surface area (Å²) in [4.78, 5) is 9.90. The monoisotopic (exact) mass is 238 g/mol. The van der Waals surface area contributed by atoms with Crippen LogP contribution in [-0.4, -0.2) is 41.0 Å². The Hall–Kier alpha value is 1.26. The molecule has 0 aromatic rings. The molecule has 0 atom stereocenters. The molecule has 0 spiro atoms. The van der Waals surface area contributed by atoms with E-state index in [-0.39, 0.29) is 0 Å². The molecule has 0 aliphatic carbocycles. The number of alkyl halides is 3. The van der Waals surface area contributed by atoms with Crippen molar-refractivity contribution in [3.05, 3.63) is 0 Å².